The van der Waals surface area contributed by atoms with Crippen molar-refractivity contribution in [1.29, 1.82) is 0 Å². The van der Waals surface area contributed by atoms with Gasteiger partial charge in [0.1, 0.15) is 11.6 Å². The van der Waals surface area contributed by atoms with E-state index in [9.17, 15) is 0 Å². The van der Waals surface area contributed by atoms with Gasteiger partial charge in [-0.3, -0.25) is 0 Å². The van der Waals surface area contributed by atoms with Crippen LogP contribution in [0.5, 0.6) is 0 Å². The molecule has 1 aliphatic rings. The van der Waals surface area contributed by atoms with Crippen molar-refractivity contribution in [2.75, 3.05) is 18.4 Å². The normalized spacial score (nSPS) is 16.9. The number of rotatable bonds is 6. The minimum atomic E-state index is 0.444. The predicted octanol–water partition coefficient (Wildman–Crippen LogP) is 1.89. The van der Waals surface area contributed by atoms with Crippen LogP contribution in [0.25, 0.3) is 0 Å². The lowest BCUT2D eigenvalue weighted by atomic mass is 10.0. The first-order valence-corrected chi connectivity index (χ1v) is 6.46. The molecule has 0 saturated heterocycles. The van der Waals surface area contributed by atoms with Gasteiger partial charge in [-0.2, -0.15) is 0 Å². The highest BCUT2D eigenvalue weighted by Gasteiger charge is 2.41. The minimum Gasteiger partial charge on any atom is -0.369 e. The van der Waals surface area contributed by atoms with Crippen LogP contribution in [0.15, 0.2) is 6.07 Å². The number of aromatic nitrogens is 2. The summed E-state index contributed by atoms with van der Waals surface area (Å²) < 4.78 is 0. The number of nitrogens with one attached hydrogen (secondary N) is 1. The Bertz CT molecular complexity index is 385. The largest absolute Gasteiger partial charge is 0.369 e. The van der Waals surface area contributed by atoms with E-state index >= 15 is 0 Å². The summed E-state index contributed by atoms with van der Waals surface area (Å²) >= 11 is 0. The van der Waals surface area contributed by atoms with Crippen LogP contribution in [0.4, 0.5) is 5.82 Å². The van der Waals surface area contributed by atoms with Gasteiger partial charge >= 0.3 is 0 Å². The summed E-state index contributed by atoms with van der Waals surface area (Å²) in [6, 6.07) is 2.05. The zero-order chi connectivity index (χ0) is 12.3. The van der Waals surface area contributed by atoms with Gasteiger partial charge in [-0.15, -0.1) is 0 Å². The molecule has 0 amide bonds. The van der Waals surface area contributed by atoms with E-state index in [1.54, 1.807) is 0 Å². The van der Waals surface area contributed by atoms with Crippen LogP contribution in [0, 0.1) is 12.3 Å². The minimum absolute atomic E-state index is 0.444. The van der Waals surface area contributed by atoms with Crippen molar-refractivity contribution in [3.63, 3.8) is 0 Å². The van der Waals surface area contributed by atoms with Crippen molar-refractivity contribution < 1.29 is 0 Å². The Kier molecular flexibility index (Phi) is 3.62. The van der Waals surface area contributed by atoms with Gasteiger partial charge in [-0.05, 0) is 44.6 Å². The number of nitrogens with two attached hydrogens (primary N) is 1. The standard InChI is InChI=1S/C13H22N4/c1-3-11-8-12(17-10(2)16-11)15-9-13(4-5-13)6-7-14/h8H,3-7,9,14H2,1-2H3,(H,15,16,17). The van der Waals surface area contributed by atoms with E-state index in [1.807, 2.05) is 13.0 Å². The lowest BCUT2D eigenvalue weighted by Crippen LogP contribution is -2.20. The Morgan fingerprint density at radius 3 is 2.76 bits per heavy atom. The van der Waals surface area contributed by atoms with Crippen LogP contribution in [-0.4, -0.2) is 23.1 Å². The van der Waals surface area contributed by atoms with Gasteiger partial charge in [0.25, 0.3) is 0 Å². The van der Waals surface area contributed by atoms with Crippen LogP contribution in [0.3, 0.4) is 0 Å². The summed E-state index contributed by atoms with van der Waals surface area (Å²) in [5.41, 5.74) is 7.19. The third-order valence-electron chi connectivity index (χ3n) is 3.53. The Morgan fingerprint density at radius 2 is 2.18 bits per heavy atom. The molecule has 1 aliphatic carbocycles. The Balaban J connectivity index is 1.97. The molecular formula is C13H22N4. The van der Waals surface area contributed by atoms with Gasteiger partial charge in [-0.1, -0.05) is 6.92 Å². The number of nitrogens with zero attached hydrogens (tertiary/aromatic N) is 2. The third kappa shape index (κ3) is 3.16. The molecule has 0 unspecified atom stereocenters. The molecule has 1 saturated carbocycles. The van der Waals surface area contributed by atoms with Crippen LogP contribution in [0.2, 0.25) is 0 Å². The van der Waals surface area contributed by atoms with Gasteiger partial charge in [0, 0.05) is 18.3 Å². The van der Waals surface area contributed by atoms with E-state index in [0.29, 0.717) is 5.41 Å². The van der Waals surface area contributed by atoms with E-state index < -0.39 is 0 Å². The average molecular weight is 234 g/mol. The van der Waals surface area contributed by atoms with Crippen LogP contribution in [-0.2, 0) is 6.42 Å². The lowest BCUT2D eigenvalue weighted by Gasteiger charge is -2.15. The summed E-state index contributed by atoms with van der Waals surface area (Å²) in [4.78, 5) is 8.80. The Labute approximate surface area is 103 Å². The van der Waals surface area contributed by atoms with E-state index in [2.05, 4.69) is 22.2 Å². The van der Waals surface area contributed by atoms with Gasteiger partial charge in [0.15, 0.2) is 0 Å². The molecule has 4 heteroatoms. The first kappa shape index (κ1) is 12.3. The fourth-order valence-electron chi connectivity index (χ4n) is 2.18. The Morgan fingerprint density at radius 1 is 1.41 bits per heavy atom. The maximum absolute atomic E-state index is 5.64. The highest BCUT2D eigenvalue weighted by atomic mass is 15.0. The molecule has 1 aromatic rings. The van der Waals surface area contributed by atoms with Crippen LogP contribution < -0.4 is 11.1 Å². The highest BCUT2D eigenvalue weighted by molar-refractivity contribution is 5.36. The zero-order valence-corrected chi connectivity index (χ0v) is 10.8. The quantitative estimate of drug-likeness (QED) is 0.789. The maximum atomic E-state index is 5.64. The molecule has 1 aromatic heterocycles. The van der Waals surface area contributed by atoms with E-state index in [4.69, 9.17) is 5.73 Å². The number of anilines is 1. The first-order valence-electron chi connectivity index (χ1n) is 6.46. The summed E-state index contributed by atoms with van der Waals surface area (Å²) in [7, 11) is 0. The monoisotopic (exact) mass is 234 g/mol. The smallest absolute Gasteiger partial charge is 0.129 e. The van der Waals surface area contributed by atoms with Crippen molar-refractivity contribution in [2.24, 2.45) is 11.1 Å². The van der Waals surface area contributed by atoms with Crippen LogP contribution >= 0.6 is 0 Å². The fourth-order valence-corrected chi connectivity index (χ4v) is 2.18. The molecule has 3 N–H and O–H groups in total. The SMILES string of the molecule is CCc1cc(NCC2(CCN)CC2)nc(C)n1. The number of aryl methyl sites for hydroxylation is 2. The van der Waals surface area contributed by atoms with Crippen molar-refractivity contribution in [3.8, 4) is 0 Å². The van der Waals surface area contributed by atoms with Gasteiger partial charge in [0.2, 0.25) is 0 Å². The molecule has 0 radical (unpaired) electrons. The Hall–Kier alpha value is -1.16. The lowest BCUT2D eigenvalue weighted by molar-refractivity contribution is 0.500. The summed E-state index contributed by atoms with van der Waals surface area (Å²) in [6.07, 6.45) is 4.65. The molecule has 0 aliphatic heterocycles. The highest BCUT2D eigenvalue weighted by Crippen LogP contribution is 2.48. The second-order valence-electron chi connectivity index (χ2n) is 5.04. The summed E-state index contributed by atoms with van der Waals surface area (Å²) in [5, 5.41) is 3.44. The molecule has 94 valence electrons. The molecule has 17 heavy (non-hydrogen) atoms. The molecule has 0 aromatic carbocycles. The van der Waals surface area contributed by atoms with Crippen molar-refractivity contribution >= 4 is 5.82 Å². The predicted molar refractivity (Wildman–Crippen MR) is 70.0 cm³/mol. The molecule has 0 atom stereocenters. The molecule has 4 nitrogen and oxygen atoms in total. The number of hydrogen-bond acceptors (Lipinski definition) is 4. The summed E-state index contributed by atoms with van der Waals surface area (Å²) in [5.74, 6) is 1.80. The topological polar surface area (TPSA) is 63.8 Å². The van der Waals surface area contributed by atoms with E-state index in [1.165, 1.54) is 12.8 Å². The maximum Gasteiger partial charge on any atom is 0.129 e. The second-order valence-corrected chi connectivity index (χ2v) is 5.04. The number of hydrogen-bond donors (Lipinski definition) is 2. The third-order valence-corrected chi connectivity index (χ3v) is 3.53. The molecule has 2 rings (SSSR count). The zero-order valence-electron chi connectivity index (χ0n) is 10.8. The first-order chi connectivity index (χ1) is 8.17. The summed E-state index contributed by atoms with van der Waals surface area (Å²) in [6.45, 7) is 5.83. The average Bonchev–Trinajstić information content (AvgIpc) is 3.07. The van der Waals surface area contributed by atoms with E-state index in [-0.39, 0.29) is 0 Å². The fraction of sp³-hybridized carbons (Fsp3) is 0.692. The van der Waals surface area contributed by atoms with Gasteiger partial charge < -0.3 is 11.1 Å². The molecular weight excluding hydrogens is 212 g/mol. The van der Waals surface area contributed by atoms with Crippen molar-refractivity contribution in [2.45, 2.75) is 39.5 Å². The van der Waals surface area contributed by atoms with Crippen molar-refractivity contribution in [3.05, 3.63) is 17.6 Å². The molecule has 0 bridgehead atoms. The molecule has 1 heterocycles. The van der Waals surface area contributed by atoms with Crippen LogP contribution in [0.1, 0.15) is 37.7 Å². The molecule has 0 spiro atoms. The van der Waals surface area contributed by atoms with Gasteiger partial charge in [0.05, 0.1) is 0 Å². The second kappa shape index (κ2) is 5.00. The van der Waals surface area contributed by atoms with E-state index in [0.717, 1.165) is 43.3 Å². The van der Waals surface area contributed by atoms with Crippen molar-refractivity contribution in [1.82, 2.24) is 9.97 Å². The molecule has 1 fully saturated rings. The van der Waals surface area contributed by atoms with Gasteiger partial charge in [-0.25, -0.2) is 9.97 Å².